The van der Waals surface area contributed by atoms with Gasteiger partial charge < -0.3 is 10.5 Å². The number of rotatable bonds is 6. The minimum atomic E-state index is 0.180. The lowest BCUT2D eigenvalue weighted by molar-refractivity contribution is 0.131. The third kappa shape index (κ3) is 4.41. The average Bonchev–Trinajstić information content (AvgIpc) is 2.64. The van der Waals surface area contributed by atoms with E-state index in [0.29, 0.717) is 6.61 Å². The number of hydrogen-bond donors (Lipinski definition) is 1. The van der Waals surface area contributed by atoms with E-state index in [1.165, 1.54) is 5.56 Å². The fourth-order valence-corrected chi connectivity index (χ4v) is 1.84. The Morgan fingerprint density at radius 1 is 1.62 bits per heavy atom. The van der Waals surface area contributed by atoms with E-state index in [2.05, 4.69) is 16.8 Å². The molecule has 0 aliphatic carbocycles. The smallest absolute Gasteiger partial charge is 0.0617 e. The number of thiophene rings is 1. The van der Waals surface area contributed by atoms with E-state index in [1.807, 2.05) is 6.92 Å². The van der Waals surface area contributed by atoms with Gasteiger partial charge in [0.1, 0.15) is 0 Å². The predicted octanol–water partition coefficient (Wildman–Crippen LogP) is 2.04. The van der Waals surface area contributed by atoms with Gasteiger partial charge in [-0.3, -0.25) is 0 Å². The summed E-state index contributed by atoms with van der Waals surface area (Å²) in [4.78, 5) is 0. The Labute approximate surface area is 83.7 Å². The molecule has 1 atom stereocenters. The van der Waals surface area contributed by atoms with Crippen LogP contribution in [0.1, 0.15) is 18.9 Å². The molecule has 0 amide bonds. The first-order valence-corrected chi connectivity index (χ1v) is 5.61. The van der Waals surface area contributed by atoms with Gasteiger partial charge in [-0.1, -0.05) is 0 Å². The molecular weight excluding hydrogens is 182 g/mol. The van der Waals surface area contributed by atoms with Crippen molar-refractivity contribution in [3.8, 4) is 0 Å². The summed E-state index contributed by atoms with van der Waals surface area (Å²) < 4.78 is 5.24. The van der Waals surface area contributed by atoms with Crippen molar-refractivity contribution in [3.05, 3.63) is 22.4 Å². The SMILES string of the molecule is CCOCC(N)CCc1ccsc1. The van der Waals surface area contributed by atoms with E-state index >= 15 is 0 Å². The molecule has 0 fully saturated rings. The molecule has 0 saturated carbocycles. The third-order valence-corrected chi connectivity index (χ3v) is 2.65. The van der Waals surface area contributed by atoms with Crippen LogP contribution in [0.25, 0.3) is 0 Å². The Balaban J connectivity index is 2.11. The summed E-state index contributed by atoms with van der Waals surface area (Å²) in [7, 11) is 0. The highest BCUT2D eigenvalue weighted by Gasteiger charge is 2.02. The number of nitrogens with two attached hydrogens (primary N) is 1. The van der Waals surface area contributed by atoms with Gasteiger partial charge in [-0.25, -0.2) is 0 Å². The molecule has 0 bridgehead atoms. The fraction of sp³-hybridized carbons (Fsp3) is 0.600. The van der Waals surface area contributed by atoms with Gasteiger partial charge in [0.05, 0.1) is 6.61 Å². The van der Waals surface area contributed by atoms with Crippen molar-refractivity contribution in [3.63, 3.8) is 0 Å². The lowest BCUT2D eigenvalue weighted by Gasteiger charge is -2.10. The second kappa shape index (κ2) is 6.13. The van der Waals surface area contributed by atoms with Crippen molar-refractivity contribution in [2.24, 2.45) is 5.73 Å². The van der Waals surface area contributed by atoms with E-state index in [-0.39, 0.29) is 6.04 Å². The Hall–Kier alpha value is -0.380. The fourth-order valence-electron chi connectivity index (χ4n) is 1.14. The summed E-state index contributed by atoms with van der Waals surface area (Å²) >= 11 is 1.74. The number of aryl methyl sites for hydroxylation is 1. The second-order valence-electron chi connectivity index (χ2n) is 3.09. The summed E-state index contributed by atoms with van der Waals surface area (Å²) in [6.07, 6.45) is 2.08. The molecule has 0 saturated heterocycles. The first kappa shape index (κ1) is 10.7. The van der Waals surface area contributed by atoms with Gasteiger partial charge in [-0.05, 0) is 42.2 Å². The van der Waals surface area contributed by atoms with Gasteiger partial charge >= 0.3 is 0 Å². The maximum absolute atomic E-state index is 5.85. The van der Waals surface area contributed by atoms with Crippen molar-refractivity contribution in [1.82, 2.24) is 0 Å². The molecule has 0 aliphatic rings. The van der Waals surface area contributed by atoms with E-state index < -0.39 is 0 Å². The molecule has 0 spiro atoms. The van der Waals surface area contributed by atoms with Crippen LogP contribution in [0.2, 0.25) is 0 Å². The zero-order valence-electron chi connectivity index (χ0n) is 8.03. The van der Waals surface area contributed by atoms with E-state index in [1.54, 1.807) is 11.3 Å². The first-order valence-electron chi connectivity index (χ1n) is 4.67. The quantitative estimate of drug-likeness (QED) is 0.761. The standard InChI is InChI=1S/C10H17NOS/c1-2-12-7-10(11)4-3-9-5-6-13-8-9/h5-6,8,10H,2-4,7,11H2,1H3. The number of hydrogen-bond acceptors (Lipinski definition) is 3. The van der Waals surface area contributed by atoms with Crippen molar-refractivity contribution in [1.29, 1.82) is 0 Å². The summed E-state index contributed by atoms with van der Waals surface area (Å²) in [5.41, 5.74) is 7.24. The maximum Gasteiger partial charge on any atom is 0.0617 e. The summed E-state index contributed by atoms with van der Waals surface area (Å²) in [6, 6.07) is 2.33. The third-order valence-electron chi connectivity index (χ3n) is 1.92. The molecule has 1 aromatic heterocycles. The van der Waals surface area contributed by atoms with Crippen LogP contribution >= 0.6 is 11.3 Å². The van der Waals surface area contributed by atoms with Crippen LogP contribution in [-0.4, -0.2) is 19.3 Å². The van der Waals surface area contributed by atoms with Crippen LogP contribution in [0.4, 0.5) is 0 Å². The van der Waals surface area contributed by atoms with Crippen LogP contribution in [0.15, 0.2) is 16.8 Å². The highest BCUT2D eigenvalue weighted by atomic mass is 32.1. The monoisotopic (exact) mass is 199 g/mol. The van der Waals surface area contributed by atoms with Crippen molar-refractivity contribution in [2.75, 3.05) is 13.2 Å². The van der Waals surface area contributed by atoms with Crippen molar-refractivity contribution >= 4 is 11.3 Å². The minimum Gasteiger partial charge on any atom is -0.380 e. The number of ether oxygens (including phenoxy) is 1. The molecule has 0 aliphatic heterocycles. The highest BCUT2D eigenvalue weighted by Crippen LogP contribution is 2.09. The van der Waals surface area contributed by atoms with Gasteiger partial charge in [-0.15, -0.1) is 0 Å². The lowest BCUT2D eigenvalue weighted by atomic mass is 10.1. The van der Waals surface area contributed by atoms with E-state index in [4.69, 9.17) is 10.5 Å². The molecule has 13 heavy (non-hydrogen) atoms. The van der Waals surface area contributed by atoms with E-state index in [9.17, 15) is 0 Å². The van der Waals surface area contributed by atoms with Gasteiger partial charge in [0.2, 0.25) is 0 Å². The molecule has 0 radical (unpaired) electrons. The van der Waals surface area contributed by atoms with Crippen molar-refractivity contribution in [2.45, 2.75) is 25.8 Å². The van der Waals surface area contributed by atoms with Gasteiger partial charge in [-0.2, -0.15) is 11.3 Å². The lowest BCUT2D eigenvalue weighted by Crippen LogP contribution is -2.26. The molecule has 1 unspecified atom stereocenters. The van der Waals surface area contributed by atoms with Gasteiger partial charge in [0.25, 0.3) is 0 Å². The second-order valence-corrected chi connectivity index (χ2v) is 3.87. The largest absolute Gasteiger partial charge is 0.380 e. The van der Waals surface area contributed by atoms with Gasteiger partial charge in [0.15, 0.2) is 0 Å². The Kier molecular flexibility index (Phi) is 5.05. The first-order chi connectivity index (χ1) is 6.33. The Morgan fingerprint density at radius 2 is 2.46 bits per heavy atom. The molecule has 2 nitrogen and oxygen atoms in total. The summed E-state index contributed by atoms with van der Waals surface area (Å²) in [5.74, 6) is 0. The minimum absolute atomic E-state index is 0.180. The molecule has 0 aromatic carbocycles. The molecular formula is C10H17NOS. The molecule has 1 heterocycles. The van der Waals surface area contributed by atoms with E-state index in [0.717, 1.165) is 19.4 Å². The van der Waals surface area contributed by atoms with Gasteiger partial charge in [0, 0.05) is 12.6 Å². The maximum atomic E-state index is 5.85. The average molecular weight is 199 g/mol. The van der Waals surface area contributed by atoms with Crippen LogP contribution in [0, 0.1) is 0 Å². The van der Waals surface area contributed by atoms with Crippen LogP contribution in [0.5, 0.6) is 0 Å². The van der Waals surface area contributed by atoms with Crippen LogP contribution < -0.4 is 5.73 Å². The summed E-state index contributed by atoms with van der Waals surface area (Å²) in [5, 5.41) is 4.27. The Bertz CT molecular complexity index is 211. The molecule has 3 heteroatoms. The normalized spacial score (nSPS) is 13.1. The molecule has 1 aromatic rings. The van der Waals surface area contributed by atoms with Crippen molar-refractivity contribution < 1.29 is 4.74 Å². The highest BCUT2D eigenvalue weighted by molar-refractivity contribution is 7.07. The predicted molar refractivity (Wildman–Crippen MR) is 57.1 cm³/mol. The van der Waals surface area contributed by atoms with Crippen LogP contribution in [0.3, 0.4) is 0 Å². The van der Waals surface area contributed by atoms with Crippen LogP contribution in [-0.2, 0) is 11.2 Å². The Morgan fingerprint density at radius 3 is 3.08 bits per heavy atom. The zero-order chi connectivity index (χ0) is 9.52. The molecule has 2 N–H and O–H groups in total. The molecule has 74 valence electrons. The topological polar surface area (TPSA) is 35.2 Å². The summed E-state index contributed by atoms with van der Waals surface area (Å²) in [6.45, 7) is 3.43. The molecule has 1 rings (SSSR count). The zero-order valence-corrected chi connectivity index (χ0v) is 8.85.